The fraction of sp³-hybridized carbons (Fsp3) is 0.227. The molecule has 0 aliphatic carbocycles. The molecule has 0 saturated carbocycles. The number of carbonyl (C=O) groups excluding carboxylic acids is 1. The number of nitrogens with one attached hydrogen (secondary N) is 1. The zero-order chi connectivity index (χ0) is 20.2. The van der Waals surface area contributed by atoms with Gasteiger partial charge in [-0.2, -0.15) is 0 Å². The van der Waals surface area contributed by atoms with Gasteiger partial charge in [-0.3, -0.25) is 0 Å². The topological polar surface area (TPSA) is 93.4 Å². The van der Waals surface area contributed by atoms with Crippen molar-refractivity contribution in [2.75, 3.05) is 29.1 Å². The van der Waals surface area contributed by atoms with E-state index in [0.29, 0.717) is 35.2 Å². The molecule has 2 aromatic carbocycles. The number of ether oxygens (including phenoxy) is 1. The molecule has 1 aliphatic rings. The predicted molar refractivity (Wildman–Crippen MR) is 113 cm³/mol. The highest BCUT2D eigenvalue weighted by molar-refractivity contribution is 5.91. The van der Waals surface area contributed by atoms with E-state index in [1.807, 2.05) is 6.07 Å². The van der Waals surface area contributed by atoms with Crippen molar-refractivity contribution >= 4 is 29.0 Å². The third-order valence-electron chi connectivity index (χ3n) is 4.93. The van der Waals surface area contributed by atoms with Crippen molar-refractivity contribution in [3.63, 3.8) is 0 Å². The van der Waals surface area contributed by atoms with Crippen molar-refractivity contribution in [2.24, 2.45) is 0 Å². The van der Waals surface area contributed by atoms with E-state index in [9.17, 15) is 4.79 Å². The van der Waals surface area contributed by atoms with Gasteiger partial charge in [-0.15, -0.1) is 0 Å². The molecule has 1 aromatic heterocycles. The Kier molecular flexibility index (Phi) is 5.29. The lowest BCUT2D eigenvalue weighted by Crippen LogP contribution is -2.31. The number of aromatic nitrogens is 2. The van der Waals surface area contributed by atoms with Gasteiger partial charge in [0.1, 0.15) is 12.0 Å². The lowest BCUT2D eigenvalue weighted by molar-refractivity contribution is 0.0526. The molecule has 0 radical (unpaired) electrons. The number of nitrogens with zero attached hydrogens (tertiary/aromatic N) is 3. The third-order valence-corrected chi connectivity index (χ3v) is 4.93. The summed E-state index contributed by atoms with van der Waals surface area (Å²) in [6, 6.07) is 15.5. The molecular weight excluding hydrogens is 366 g/mol. The summed E-state index contributed by atoms with van der Waals surface area (Å²) < 4.78 is 5.06. The molecular formula is C22H23N5O2. The number of esters is 1. The maximum atomic E-state index is 12.0. The van der Waals surface area contributed by atoms with Gasteiger partial charge < -0.3 is 20.7 Å². The molecule has 7 nitrogen and oxygen atoms in total. The smallest absolute Gasteiger partial charge is 0.338 e. The molecule has 0 unspecified atom stereocenters. The first-order chi connectivity index (χ1) is 14.2. The minimum atomic E-state index is -0.362. The largest absolute Gasteiger partial charge is 0.462 e. The molecule has 0 saturated heterocycles. The number of hydrogen-bond acceptors (Lipinski definition) is 7. The number of fused-ring (bicyclic) bond motifs is 1. The summed E-state index contributed by atoms with van der Waals surface area (Å²) in [6.45, 7) is 3.71. The maximum Gasteiger partial charge on any atom is 0.338 e. The lowest BCUT2D eigenvalue weighted by atomic mass is 10.00. The van der Waals surface area contributed by atoms with Gasteiger partial charge in [0.05, 0.1) is 12.2 Å². The zero-order valence-electron chi connectivity index (χ0n) is 16.3. The quantitative estimate of drug-likeness (QED) is 0.645. The predicted octanol–water partition coefficient (Wildman–Crippen LogP) is 3.54. The van der Waals surface area contributed by atoms with Crippen molar-refractivity contribution in [1.82, 2.24) is 9.97 Å². The van der Waals surface area contributed by atoms with E-state index in [0.717, 1.165) is 19.5 Å². The van der Waals surface area contributed by atoms with E-state index in [1.165, 1.54) is 17.5 Å². The van der Waals surface area contributed by atoms with Crippen LogP contribution in [0.5, 0.6) is 0 Å². The van der Waals surface area contributed by atoms with Gasteiger partial charge in [0.25, 0.3) is 0 Å². The van der Waals surface area contributed by atoms with E-state index in [2.05, 4.69) is 44.5 Å². The average Bonchev–Trinajstić information content (AvgIpc) is 2.75. The molecule has 148 valence electrons. The molecule has 29 heavy (non-hydrogen) atoms. The summed E-state index contributed by atoms with van der Waals surface area (Å²) in [5.41, 5.74) is 10.7. The summed E-state index contributed by atoms with van der Waals surface area (Å²) in [5, 5.41) is 3.20. The standard InChI is InChI=1S/C22H23N5O2/c1-2-29-22(28)16-8-5-9-18(12-16)26-20-19(23)21(25-14-24-20)27-11-10-15-6-3-4-7-17(15)13-27/h3-9,12,14H,2,10-11,13,23H2,1H3,(H,24,25,26). The molecule has 1 aliphatic heterocycles. The summed E-state index contributed by atoms with van der Waals surface area (Å²) in [6.07, 6.45) is 2.45. The molecule has 3 N–H and O–H groups in total. The number of anilines is 4. The molecule has 4 rings (SSSR count). The molecule has 0 atom stereocenters. The summed E-state index contributed by atoms with van der Waals surface area (Å²) in [5.74, 6) is 0.855. The van der Waals surface area contributed by atoms with Crippen molar-refractivity contribution in [1.29, 1.82) is 0 Å². The fourth-order valence-electron chi connectivity index (χ4n) is 3.49. The van der Waals surface area contributed by atoms with Gasteiger partial charge in [-0.1, -0.05) is 30.3 Å². The van der Waals surface area contributed by atoms with Crippen LogP contribution in [0.1, 0.15) is 28.4 Å². The summed E-state index contributed by atoms with van der Waals surface area (Å²) >= 11 is 0. The van der Waals surface area contributed by atoms with E-state index < -0.39 is 0 Å². The zero-order valence-corrected chi connectivity index (χ0v) is 16.3. The molecule has 7 heteroatoms. The van der Waals surface area contributed by atoms with E-state index in [4.69, 9.17) is 10.5 Å². The second-order valence-electron chi connectivity index (χ2n) is 6.83. The highest BCUT2D eigenvalue weighted by Gasteiger charge is 2.20. The lowest BCUT2D eigenvalue weighted by Gasteiger charge is -2.30. The normalized spacial score (nSPS) is 12.9. The third kappa shape index (κ3) is 3.99. The van der Waals surface area contributed by atoms with E-state index in [-0.39, 0.29) is 5.97 Å². The number of nitrogens with two attached hydrogens (primary N) is 1. The first-order valence-corrected chi connectivity index (χ1v) is 9.62. The van der Waals surface area contributed by atoms with Gasteiger partial charge in [0.15, 0.2) is 11.6 Å². The molecule has 0 bridgehead atoms. The number of nitrogen functional groups attached to an aromatic ring is 1. The summed E-state index contributed by atoms with van der Waals surface area (Å²) in [4.78, 5) is 22.9. The Morgan fingerprint density at radius 1 is 1.17 bits per heavy atom. The molecule has 2 heterocycles. The van der Waals surface area contributed by atoms with E-state index >= 15 is 0 Å². The number of carbonyl (C=O) groups is 1. The second-order valence-corrected chi connectivity index (χ2v) is 6.83. The minimum Gasteiger partial charge on any atom is -0.462 e. The Morgan fingerprint density at radius 3 is 2.83 bits per heavy atom. The van der Waals surface area contributed by atoms with Crippen LogP contribution < -0.4 is 16.0 Å². The van der Waals surface area contributed by atoms with Crippen LogP contribution in [-0.2, 0) is 17.7 Å². The van der Waals surface area contributed by atoms with Crippen molar-refractivity contribution in [2.45, 2.75) is 19.9 Å². The average molecular weight is 389 g/mol. The van der Waals surface area contributed by atoms with Gasteiger partial charge in [-0.25, -0.2) is 14.8 Å². The number of hydrogen-bond donors (Lipinski definition) is 2. The van der Waals surface area contributed by atoms with Crippen LogP contribution >= 0.6 is 0 Å². The van der Waals surface area contributed by atoms with Gasteiger partial charge in [-0.05, 0) is 42.7 Å². The van der Waals surface area contributed by atoms with Crippen molar-refractivity contribution in [3.8, 4) is 0 Å². The molecule has 3 aromatic rings. The number of benzene rings is 2. The molecule has 0 amide bonds. The van der Waals surface area contributed by atoms with Gasteiger partial charge in [0.2, 0.25) is 0 Å². The van der Waals surface area contributed by atoms with Crippen molar-refractivity contribution < 1.29 is 9.53 Å². The van der Waals surface area contributed by atoms with Crippen LogP contribution in [0.15, 0.2) is 54.9 Å². The Bertz CT molecular complexity index is 1040. The number of rotatable bonds is 5. The highest BCUT2D eigenvalue weighted by Crippen LogP contribution is 2.31. The van der Waals surface area contributed by atoms with E-state index in [1.54, 1.807) is 25.1 Å². The van der Waals surface area contributed by atoms with Gasteiger partial charge >= 0.3 is 5.97 Å². The van der Waals surface area contributed by atoms with Crippen LogP contribution in [-0.4, -0.2) is 29.1 Å². The first-order valence-electron chi connectivity index (χ1n) is 9.62. The second kappa shape index (κ2) is 8.18. The minimum absolute atomic E-state index is 0.331. The van der Waals surface area contributed by atoms with Crippen LogP contribution in [0.25, 0.3) is 0 Å². The first kappa shape index (κ1) is 18.7. The SMILES string of the molecule is CCOC(=O)c1cccc(Nc2ncnc(N3CCc4ccccc4C3)c2N)c1. The Morgan fingerprint density at radius 2 is 2.00 bits per heavy atom. The van der Waals surface area contributed by atoms with Crippen LogP contribution in [0, 0.1) is 0 Å². The Labute approximate surface area is 169 Å². The van der Waals surface area contributed by atoms with Crippen LogP contribution in [0.3, 0.4) is 0 Å². The van der Waals surface area contributed by atoms with Crippen LogP contribution in [0.2, 0.25) is 0 Å². The highest BCUT2D eigenvalue weighted by atomic mass is 16.5. The van der Waals surface area contributed by atoms with Crippen molar-refractivity contribution in [3.05, 3.63) is 71.5 Å². The van der Waals surface area contributed by atoms with Gasteiger partial charge in [0, 0.05) is 18.8 Å². The Hall–Kier alpha value is -3.61. The monoisotopic (exact) mass is 389 g/mol. The maximum absolute atomic E-state index is 12.0. The molecule has 0 fully saturated rings. The fourth-order valence-corrected chi connectivity index (χ4v) is 3.49. The molecule has 0 spiro atoms. The Balaban J connectivity index is 1.57. The summed E-state index contributed by atoms with van der Waals surface area (Å²) in [7, 11) is 0. The van der Waals surface area contributed by atoms with Crippen LogP contribution in [0.4, 0.5) is 23.0 Å².